The molecule has 1 heterocycles. The number of carbonyl (C=O) groups excluding carboxylic acids is 1. The van der Waals surface area contributed by atoms with E-state index in [-0.39, 0.29) is 5.97 Å². The largest absolute Gasteiger partial charge is 0.462 e. The minimum atomic E-state index is -0.321. The number of hydrogen-bond acceptors (Lipinski definition) is 6. The second-order valence-electron chi connectivity index (χ2n) is 6.20. The highest BCUT2D eigenvalue weighted by Crippen LogP contribution is 2.16. The summed E-state index contributed by atoms with van der Waals surface area (Å²) in [5.41, 5.74) is 2.68. The molecule has 144 valence electrons. The Bertz CT molecular complexity index is 883. The van der Waals surface area contributed by atoms with Crippen molar-refractivity contribution in [1.29, 1.82) is 0 Å². The molecule has 0 aliphatic rings. The molecule has 0 amide bonds. The van der Waals surface area contributed by atoms with Crippen molar-refractivity contribution in [3.8, 4) is 0 Å². The lowest BCUT2D eigenvalue weighted by Crippen LogP contribution is -2.07. The van der Waals surface area contributed by atoms with E-state index in [4.69, 9.17) is 4.74 Å². The van der Waals surface area contributed by atoms with Crippen molar-refractivity contribution >= 4 is 23.4 Å². The number of nitrogens with zero attached hydrogens (tertiary/aromatic N) is 2. The number of hydrogen-bond donors (Lipinski definition) is 2. The molecule has 0 saturated heterocycles. The Morgan fingerprint density at radius 3 is 2.57 bits per heavy atom. The molecule has 2 aromatic carbocycles. The van der Waals surface area contributed by atoms with E-state index in [0.717, 1.165) is 25.1 Å². The summed E-state index contributed by atoms with van der Waals surface area (Å²) in [6, 6.07) is 19.3. The molecule has 3 aromatic rings. The lowest BCUT2D eigenvalue weighted by atomic mass is 10.1. The van der Waals surface area contributed by atoms with Crippen LogP contribution >= 0.6 is 0 Å². The topological polar surface area (TPSA) is 76.1 Å². The predicted molar refractivity (Wildman–Crippen MR) is 111 cm³/mol. The van der Waals surface area contributed by atoms with Gasteiger partial charge < -0.3 is 15.4 Å². The normalized spacial score (nSPS) is 10.3. The number of rotatable bonds is 9. The fraction of sp³-hybridized carbons (Fsp3) is 0.227. The molecular weight excluding hydrogens is 352 g/mol. The highest BCUT2D eigenvalue weighted by molar-refractivity contribution is 5.89. The molecule has 28 heavy (non-hydrogen) atoms. The maximum absolute atomic E-state index is 11.7. The Morgan fingerprint density at radius 1 is 1.04 bits per heavy atom. The molecule has 0 spiro atoms. The minimum absolute atomic E-state index is 0.321. The smallest absolute Gasteiger partial charge is 0.338 e. The van der Waals surface area contributed by atoms with E-state index in [1.807, 2.05) is 18.2 Å². The first-order valence-electron chi connectivity index (χ1n) is 9.39. The molecule has 1 aromatic heterocycles. The van der Waals surface area contributed by atoms with Crippen LogP contribution in [-0.4, -0.2) is 29.1 Å². The van der Waals surface area contributed by atoms with Crippen LogP contribution in [0.2, 0.25) is 0 Å². The Hall–Kier alpha value is -3.41. The number of carbonyl (C=O) groups is 1. The average molecular weight is 376 g/mol. The molecule has 0 aliphatic heterocycles. The van der Waals surface area contributed by atoms with Gasteiger partial charge in [0.2, 0.25) is 5.95 Å². The predicted octanol–water partition coefficient (Wildman–Crippen LogP) is 4.44. The molecule has 0 fully saturated rings. The summed E-state index contributed by atoms with van der Waals surface area (Å²) >= 11 is 0. The molecule has 0 bridgehead atoms. The summed E-state index contributed by atoms with van der Waals surface area (Å²) in [5, 5.41) is 6.47. The van der Waals surface area contributed by atoms with E-state index in [1.165, 1.54) is 5.56 Å². The molecular formula is C22H24N4O2. The van der Waals surface area contributed by atoms with E-state index < -0.39 is 0 Å². The second-order valence-corrected chi connectivity index (χ2v) is 6.20. The van der Waals surface area contributed by atoms with Crippen LogP contribution in [0.4, 0.5) is 17.5 Å². The molecule has 0 radical (unpaired) electrons. The summed E-state index contributed by atoms with van der Waals surface area (Å²) in [4.78, 5) is 20.4. The van der Waals surface area contributed by atoms with Gasteiger partial charge in [-0.2, -0.15) is 4.98 Å². The van der Waals surface area contributed by atoms with Crippen LogP contribution in [0.5, 0.6) is 0 Å². The van der Waals surface area contributed by atoms with Gasteiger partial charge in [0, 0.05) is 18.4 Å². The van der Waals surface area contributed by atoms with Gasteiger partial charge in [-0.3, -0.25) is 0 Å². The number of ether oxygens (including phenoxy) is 1. The Labute approximate surface area is 165 Å². The van der Waals surface area contributed by atoms with Crippen molar-refractivity contribution in [2.45, 2.75) is 19.8 Å². The van der Waals surface area contributed by atoms with E-state index in [1.54, 1.807) is 31.3 Å². The molecule has 3 rings (SSSR count). The number of anilines is 3. The molecule has 0 aliphatic carbocycles. The maximum atomic E-state index is 11.7. The Balaban J connectivity index is 1.51. The number of esters is 1. The average Bonchev–Trinajstić information content (AvgIpc) is 2.73. The highest BCUT2D eigenvalue weighted by atomic mass is 16.5. The zero-order valence-corrected chi connectivity index (χ0v) is 15.9. The quantitative estimate of drug-likeness (QED) is 0.425. The monoisotopic (exact) mass is 376 g/mol. The summed E-state index contributed by atoms with van der Waals surface area (Å²) in [6.07, 6.45) is 3.72. The summed E-state index contributed by atoms with van der Waals surface area (Å²) in [6.45, 7) is 2.95. The summed E-state index contributed by atoms with van der Waals surface area (Å²) in [7, 11) is 0. The zero-order valence-electron chi connectivity index (χ0n) is 15.9. The van der Waals surface area contributed by atoms with Crippen LogP contribution < -0.4 is 10.6 Å². The first-order valence-corrected chi connectivity index (χ1v) is 9.39. The first-order chi connectivity index (χ1) is 13.7. The van der Waals surface area contributed by atoms with Crippen molar-refractivity contribution in [3.63, 3.8) is 0 Å². The maximum Gasteiger partial charge on any atom is 0.338 e. The van der Waals surface area contributed by atoms with Gasteiger partial charge >= 0.3 is 5.97 Å². The summed E-state index contributed by atoms with van der Waals surface area (Å²) in [5.74, 6) is 0.948. The van der Waals surface area contributed by atoms with Gasteiger partial charge in [-0.25, -0.2) is 9.78 Å². The number of nitrogens with one attached hydrogen (secondary N) is 2. The second kappa shape index (κ2) is 10.1. The lowest BCUT2D eigenvalue weighted by Gasteiger charge is -2.09. The van der Waals surface area contributed by atoms with Crippen molar-refractivity contribution in [3.05, 3.63) is 78.0 Å². The number of aryl methyl sites for hydroxylation is 1. The van der Waals surface area contributed by atoms with Crippen LogP contribution in [0.1, 0.15) is 29.3 Å². The van der Waals surface area contributed by atoms with Gasteiger partial charge in [-0.1, -0.05) is 30.3 Å². The van der Waals surface area contributed by atoms with E-state index in [9.17, 15) is 4.79 Å². The fourth-order valence-electron chi connectivity index (χ4n) is 2.70. The molecule has 6 nitrogen and oxygen atoms in total. The third-order valence-electron chi connectivity index (χ3n) is 4.09. The molecule has 0 saturated carbocycles. The Morgan fingerprint density at radius 2 is 1.82 bits per heavy atom. The van der Waals surface area contributed by atoms with Crippen LogP contribution in [0.15, 0.2) is 66.9 Å². The van der Waals surface area contributed by atoms with Crippen molar-refractivity contribution in [2.24, 2.45) is 0 Å². The van der Waals surface area contributed by atoms with E-state index in [0.29, 0.717) is 23.9 Å². The van der Waals surface area contributed by atoms with Crippen LogP contribution in [0.3, 0.4) is 0 Å². The van der Waals surface area contributed by atoms with Gasteiger partial charge in [-0.15, -0.1) is 0 Å². The molecule has 0 atom stereocenters. The van der Waals surface area contributed by atoms with Gasteiger partial charge in [-0.05, 0) is 55.7 Å². The van der Waals surface area contributed by atoms with E-state index >= 15 is 0 Å². The molecule has 2 N–H and O–H groups in total. The van der Waals surface area contributed by atoms with E-state index in [2.05, 4.69) is 44.9 Å². The van der Waals surface area contributed by atoms with Crippen molar-refractivity contribution in [2.75, 3.05) is 23.8 Å². The van der Waals surface area contributed by atoms with Gasteiger partial charge in [0.25, 0.3) is 0 Å². The van der Waals surface area contributed by atoms with Crippen LogP contribution in [-0.2, 0) is 11.2 Å². The highest BCUT2D eigenvalue weighted by Gasteiger charge is 2.06. The third-order valence-corrected chi connectivity index (χ3v) is 4.09. The van der Waals surface area contributed by atoms with Crippen molar-refractivity contribution < 1.29 is 9.53 Å². The summed E-state index contributed by atoms with van der Waals surface area (Å²) < 4.78 is 4.99. The van der Waals surface area contributed by atoms with Gasteiger partial charge in [0.05, 0.1) is 12.2 Å². The SMILES string of the molecule is CCOC(=O)c1ccc(Nc2ccnc(NCCCc3ccccc3)n2)cc1. The molecule has 6 heteroatoms. The van der Waals surface area contributed by atoms with Crippen LogP contribution in [0, 0.1) is 0 Å². The Kier molecular flexibility index (Phi) is 6.95. The first kappa shape index (κ1) is 19.4. The minimum Gasteiger partial charge on any atom is -0.462 e. The number of benzene rings is 2. The fourth-order valence-corrected chi connectivity index (χ4v) is 2.70. The van der Waals surface area contributed by atoms with Gasteiger partial charge in [0.15, 0.2) is 0 Å². The zero-order chi connectivity index (χ0) is 19.6. The standard InChI is InChI=1S/C22H24N4O2/c1-2-28-21(27)18-10-12-19(13-11-18)25-20-14-16-24-22(26-20)23-15-6-9-17-7-4-3-5-8-17/h3-5,7-8,10-14,16H,2,6,9,15H2,1H3,(H2,23,24,25,26). The van der Waals surface area contributed by atoms with Gasteiger partial charge in [0.1, 0.15) is 5.82 Å². The molecule has 0 unspecified atom stereocenters. The van der Waals surface area contributed by atoms with Crippen molar-refractivity contribution in [1.82, 2.24) is 9.97 Å². The van der Waals surface area contributed by atoms with Crippen LogP contribution in [0.25, 0.3) is 0 Å². The third kappa shape index (κ3) is 5.81. The lowest BCUT2D eigenvalue weighted by molar-refractivity contribution is 0.0526. The number of aromatic nitrogens is 2.